The van der Waals surface area contributed by atoms with Gasteiger partial charge in [0.1, 0.15) is 6.10 Å². The first-order valence-electron chi connectivity index (χ1n) is 8.17. The average Bonchev–Trinajstić information content (AvgIpc) is 3.02. The summed E-state index contributed by atoms with van der Waals surface area (Å²) in [7, 11) is 0. The molecule has 1 aliphatic heterocycles. The van der Waals surface area contributed by atoms with E-state index >= 15 is 0 Å². The van der Waals surface area contributed by atoms with Crippen molar-refractivity contribution in [3.8, 4) is 0 Å². The van der Waals surface area contributed by atoms with Crippen LogP contribution in [0.25, 0.3) is 0 Å². The van der Waals surface area contributed by atoms with Gasteiger partial charge in [-0.3, -0.25) is 9.59 Å². The SMILES string of the molecule is CCC(C)(C)c1ccc(C(=O)NC[C@H]2CC[C@H](C(N)=O)O2)cc1. The summed E-state index contributed by atoms with van der Waals surface area (Å²) in [5.41, 5.74) is 7.18. The highest BCUT2D eigenvalue weighted by molar-refractivity contribution is 5.94. The van der Waals surface area contributed by atoms with Crippen molar-refractivity contribution >= 4 is 11.8 Å². The van der Waals surface area contributed by atoms with E-state index in [1.165, 1.54) is 5.56 Å². The molecule has 23 heavy (non-hydrogen) atoms. The third-order valence-corrected chi connectivity index (χ3v) is 4.73. The van der Waals surface area contributed by atoms with Gasteiger partial charge in [-0.05, 0) is 42.4 Å². The summed E-state index contributed by atoms with van der Waals surface area (Å²) in [5, 5.41) is 2.86. The summed E-state index contributed by atoms with van der Waals surface area (Å²) in [4.78, 5) is 23.2. The van der Waals surface area contributed by atoms with Gasteiger partial charge in [-0.25, -0.2) is 0 Å². The molecular weight excluding hydrogens is 292 g/mol. The van der Waals surface area contributed by atoms with Crippen molar-refractivity contribution in [1.82, 2.24) is 5.32 Å². The number of primary amides is 1. The van der Waals surface area contributed by atoms with Crippen molar-refractivity contribution in [3.05, 3.63) is 35.4 Å². The Morgan fingerprint density at radius 1 is 1.26 bits per heavy atom. The van der Waals surface area contributed by atoms with Gasteiger partial charge in [-0.1, -0.05) is 32.9 Å². The zero-order valence-electron chi connectivity index (χ0n) is 14.1. The predicted molar refractivity (Wildman–Crippen MR) is 89.2 cm³/mol. The number of nitrogens with two attached hydrogens (primary N) is 1. The van der Waals surface area contributed by atoms with E-state index in [4.69, 9.17) is 10.5 Å². The fraction of sp³-hybridized carbons (Fsp3) is 0.556. The highest BCUT2D eigenvalue weighted by atomic mass is 16.5. The van der Waals surface area contributed by atoms with Crippen LogP contribution in [0.4, 0.5) is 0 Å². The summed E-state index contributed by atoms with van der Waals surface area (Å²) in [6, 6.07) is 7.72. The number of ether oxygens (including phenoxy) is 1. The lowest BCUT2D eigenvalue weighted by Gasteiger charge is -2.23. The largest absolute Gasteiger partial charge is 0.367 e. The number of hydrogen-bond acceptors (Lipinski definition) is 3. The Morgan fingerprint density at radius 2 is 1.91 bits per heavy atom. The first-order chi connectivity index (χ1) is 10.8. The zero-order valence-corrected chi connectivity index (χ0v) is 14.1. The molecule has 0 unspecified atom stereocenters. The van der Waals surface area contributed by atoms with E-state index in [9.17, 15) is 9.59 Å². The zero-order chi connectivity index (χ0) is 17.0. The number of amides is 2. The molecule has 1 heterocycles. The molecule has 1 aromatic rings. The van der Waals surface area contributed by atoms with Crippen LogP contribution >= 0.6 is 0 Å². The summed E-state index contributed by atoms with van der Waals surface area (Å²) >= 11 is 0. The Hall–Kier alpha value is -1.88. The number of rotatable bonds is 6. The first kappa shape index (κ1) is 17.5. The van der Waals surface area contributed by atoms with Gasteiger partial charge in [-0.15, -0.1) is 0 Å². The second kappa shape index (κ2) is 7.13. The Morgan fingerprint density at radius 3 is 2.43 bits per heavy atom. The topological polar surface area (TPSA) is 81.4 Å². The number of carbonyl (C=O) groups excluding carboxylic acids is 2. The van der Waals surface area contributed by atoms with E-state index in [2.05, 4.69) is 26.1 Å². The van der Waals surface area contributed by atoms with Crippen LogP contribution in [-0.2, 0) is 14.9 Å². The molecule has 0 spiro atoms. The van der Waals surface area contributed by atoms with Gasteiger partial charge in [0.15, 0.2) is 0 Å². The maximum atomic E-state index is 12.2. The average molecular weight is 318 g/mol. The van der Waals surface area contributed by atoms with Gasteiger partial charge < -0.3 is 15.8 Å². The van der Waals surface area contributed by atoms with Crippen LogP contribution in [0, 0.1) is 0 Å². The lowest BCUT2D eigenvalue weighted by molar-refractivity contribution is -0.128. The monoisotopic (exact) mass is 318 g/mol. The highest BCUT2D eigenvalue weighted by Gasteiger charge is 2.29. The first-order valence-corrected chi connectivity index (χ1v) is 8.17. The Labute approximate surface area is 137 Å². The molecule has 5 nitrogen and oxygen atoms in total. The molecule has 0 aliphatic carbocycles. The lowest BCUT2D eigenvalue weighted by Crippen LogP contribution is -2.34. The van der Waals surface area contributed by atoms with E-state index in [1.807, 2.05) is 24.3 Å². The number of hydrogen-bond donors (Lipinski definition) is 2. The van der Waals surface area contributed by atoms with Crippen molar-refractivity contribution in [2.75, 3.05) is 6.54 Å². The molecule has 0 saturated carbocycles. The van der Waals surface area contributed by atoms with E-state index in [0.29, 0.717) is 18.5 Å². The van der Waals surface area contributed by atoms with Crippen molar-refractivity contribution in [2.45, 2.75) is 57.7 Å². The van der Waals surface area contributed by atoms with E-state index in [1.54, 1.807) is 0 Å². The molecule has 3 N–H and O–H groups in total. The lowest BCUT2D eigenvalue weighted by atomic mass is 9.82. The standard InChI is InChI=1S/C18H26N2O3/c1-4-18(2,3)13-7-5-12(6-8-13)17(22)20-11-14-9-10-15(23-14)16(19)21/h5-8,14-15H,4,9-11H2,1-3H3,(H2,19,21)(H,20,22)/t14-,15-/m1/s1. The molecular formula is C18H26N2O3. The van der Waals surface area contributed by atoms with Gasteiger partial charge >= 0.3 is 0 Å². The van der Waals surface area contributed by atoms with Crippen molar-refractivity contribution in [2.24, 2.45) is 5.73 Å². The molecule has 0 radical (unpaired) electrons. The van der Waals surface area contributed by atoms with Crippen LogP contribution in [0.3, 0.4) is 0 Å². The van der Waals surface area contributed by atoms with Crippen LogP contribution in [0.2, 0.25) is 0 Å². The minimum absolute atomic E-state index is 0.108. The van der Waals surface area contributed by atoms with E-state index in [-0.39, 0.29) is 17.4 Å². The number of carbonyl (C=O) groups is 2. The van der Waals surface area contributed by atoms with Gasteiger partial charge in [0, 0.05) is 12.1 Å². The van der Waals surface area contributed by atoms with Crippen molar-refractivity contribution in [1.29, 1.82) is 0 Å². The number of benzene rings is 1. The summed E-state index contributed by atoms with van der Waals surface area (Å²) in [6.45, 7) is 6.93. The Balaban J connectivity index is 1.88. The normalized spacial score (nSPS) is 21.2. The fourth-order valence-electron chi connectivity index (χ4n) is 2.65. The smallest absolute Gasteiger partial charge is 0.251 e. The molecule has 5 heteroatoms. The second-order valence-electron chi connectivity index (χ2n) is 6.75. The van der Waals surface area contributed by atoms with Gasteiger partial charge in [-0.2, -0.15) is 0 Å². The molecule has 1 aliphatic rings. The van der Waals surface area contributed by atoms with E-state index in [0.717, 1.165) is 12.8 Å². The number of nitrogens with one attached hydrogen (secondary N) is 1. The molecule has 1 aromatic carbocycles. The van der Waals surface area contributed by atoms with Crippen LogP contribution in [-0.4, -0.2) is 30.6 Å². The second-order valence-corrected chi connectivity index (χ2v) is 6.75. The van der Waals surface area contributed by atoms with Crippen LogP contribution in [0.15, 0.2) is 24.3 Å². The van der Waals surface area contributed by atoms with Crippen molar-refractivity contribution in [3.63, 3.8) is 0 Å². The molecule has 2 amide bonds. The molecule has 126 valence electrons. The Kier molecular flexibility index (Phi) is 5.42. The minimum atomic E-state index is -0.521. The van der Waals surface area contributed by atoms with E-state index < -0.39 is 12.0 Å². The third kappa shape index (κ3) is 4.32. The predicted octanol–water partition coefficient (Wildman–Crippen LogP) is 2.14. The maximum Gasteiger partial charge on any atom is 0.251 e. The van der Waals surface area contributed by atoms with Crippen LogP contribution < -0.4 is 11.1 Å². The molecule has 2 atom stereocenters. The molecule has 2 rings (SSSR count). The maximum absolute atomic E-state index is 12.2. The third-order valence-electron chi connectivity index (χ3n) is 4.73. The van der Waals surface area contributed by atoms with Crippen LogP contribution in [0.1, 0.15) is 56.0 Å². The highest BCUT2D eigenvalue weighted by Crippen LogP contribution is 2.26. The summed E-state index contributed by atoms with van der Waals surface area (Å²) in [6.07, 6.45) is 1.73. The summed E-state index contributed by atoms with van der Waals surface area (Å²) in [5.74, 6) is -0.565. The molecule has 0 aromatic heterocycles. The van der Waals surface area contributed by atoms with Gasteiger partial charge in [0.2, 0.25) is 5.91 Å². The van der Waals surface area contributed by atoms with Gasteiger partial charge in [0.25, 0.3) is 5.91 Å². The molecule has 1 saturated heterocycles. The molecule has 0 bridgehead atoms. The van der Waals surface area contributed by atoms with Gasteiger partial charge in [0.05, 0.1) is 6.10 Å². The molecule has 1 fully saturated rings. The van der Waals surface area contributed by atoms with Crippen LogP contribution in [0.5, 0.6) is 0 Å². The summed E-state index contributed by atoms with van der Waals surface area (Å²) < 4.78 is 5.50. The fourth-order valence-corrected chi connectivity index (χ4v) is 2.65. The van der Waals surface area contributed by atoms with Crippen molar-refractivity contribution < 1.29 is 14.3 Å². The quantitative estimate of drug-likeness (QED) is 0.843. The Bertz CT molecular complexity index is 566. The minimum Gasteiger partial charge on any atom is -0.367 e.